The van der Waals surface area contributed by atoms with Gasteiger partial charge < -0.3 is 11.5 Å². The number of hydrogen-bond donors (Lipinski definition) is 2. The maximum atomic E-state index is 13.6. The largest absolute Gasteiger partial charge is 0.399 e. The number of hydrogen-bond acceptors (Lipinski definition) is 3. The summed E-state index contributed by atoms with van der Waals surface area (Å²) in [7, 11) is 0. The van der Waals surface area contributed by atoms with Gasteiger partial charge >= 0.3 is 0 Å². The Labute approximate surface area is 246 Å². The van der Waals surface area contributed by atoms with Crippen LogP contribution in [-0.4, -0.2) is 5.78 Å². The fourth-order valence-corrected chi connectivity index (χ4v) is 5.79. The maximum absolute atomic E-state index is 13.6. The molecular weight excluding hydrogens is 488 g/mol. The molecule has 3 nitrogen and oxygen atoms in total. The van der Waals surface area contributed by atoms with Crippen molar-refractivity contribution in [1.29, 1.82) is 0 Å². The summed E-state index contributed by atoms with van der Waals surface area (Å²) in [4.78, 5) is 13.6. The molecule has 2 aromatic carbocycles. The number of unbranched alkanes of at least 4 members (excludes halogenated alkanes) is 18. The molecule has 2 aromatic rings. The Balaban J connectivity index is 1.87. The Bertz CT molecular complexity index is 931. The van der Waals surface area contributed by atoms with Crippen molar-refractivity contribution in [2.24, 2.45) is 0 Å². The zero-order chi connectivity index (χ0) is 28.8. The van der Waals surface area contributed by atoms with E-state index in [1.165, 1.54) is 128 Å². The van der Waals surface area contributed by atoms with Crippen LogP contribution in [-0.2, 0) is 12.8 Å². The number of benzene rings is 2. The summed E-state index contributed by atoms with van der Waals surface area (Å²) in [6, 6.07) is 11.9. The average Bonchev–Trinajstić information content (AvgIpc) is 2.94. The molecule has 4 N–H and O–H groups in total. The predicted octanol–water partition coefficient (Wildman–Crippen LogP) is 11.0. The second kappa shape index (κ2) is 21.5. The predicted molar refractivity (Wildman–Crippen MR) is 176 cm³/mol. The Hall–Kier alpha value is -2.29. The number of nitrogen functional groups attached to an aromatic ring is 2. The standard InChI is InChI=1S/C37H60N2O/c1-3-5-7-9-11-13-15-17-19-21-23-31-25-26-32(24-22-20-18-16-14-12-10-8-6-4-2)36(27-31)37(40)33-28-34(38)30-35(39)29-33/h25-30H,3-24,38-39H2,1-2H3. The third kappa shape index (κ3) is 14.4. The monoisotopic (exact) mass is 548 g/mol. The van der Waals surface area contributed by atoms with Crippen molar-refractivity contribution < 1.29 is 4.79 Å². The zero-order valence-electron chi connectivity index (χ0n) is 26.1. The molecule has 0 amide bonds. The van der Waals surface area contributed by atoms with Crippen molar-refractivity contribution in [2.75, 3.05) is 11.5 Å². The van der Waals surface area contributed by atoms with Gasteiger partial charge in [-0.2, -0.15) is 0 Å². The highest BCUT2D eigenvalue weighted by Crippen LogP contribution is 2.24. The van der Waals surface area contributed by atoms with Gasteiger partial charge in [-0.25, -0.2) is 0 Å². The van der Waals surface area contributed by atoms with E-state index in [9.17, 15) is 4.79 Å². The minimum absolute atomic E-state index is 0.0472. The molecule has 0 atom stereocenters. The fraction of sp³-hybridized carbons (Fsp3) is 0.649. The van der Waals surface area contributed by atoms with Crippen LogP contribution in [0.15, 0.2) is 36.4 Å². The molecule has 0 radical (unpaired) electrons. The number of rotatable bonds is 24. The molecule has 0 saturated carbocycles. The minimum Gasteiger partial charge on any atom is -0.399 e. The Morgan fingerprint density at radius 3 is 1.43 bits per heavy atom. The number of anilines is 2. The first-order chi connectivity index (χ1) is 19.5. The van der Waals surface area contributed by atoms with Crippen LogP contribution in [0.5, 0.6) is 0 Å². The molecule has 224 valence electrons. The summed E-state index contributed by atoms with van der Waals surface area (Å²) in [5, 5.41) is 0. The average molecular weight is 549 g/mol. The van der Waals surface area contributed by atoms with Crippen LogP contribution in [0.1, 0.15) is 169 Å². The zero-order valence-corrected chi connectivity index (χ0v) is 26.1. The Kier molecular flexibility index (Phi) is 18.2. The highest BCUT2D eigenvalue weighted by Gasteiger charge is 2.16. The van der Waals surface area contributed by atoms with Crippen LogP contribution >= 0.6 is 0 Å². The van der Waals surface area contributed by atoms with E-state index in [1.807, 2.05) is 0 Å². The quantitative estimate of drug-likeness (QED) is 0.0778. The molecule has 0 aliphatic rings. The molecule has 3 heteroatoms. The fourth-order valence-electron chi connectivity index (χ4n) is 5.79. The summed E-state index contributed by atoms with van der Waals surface area (Å²) < 4.78 is 0. The highest BCUT2D eigenvalue weighted by molar-refractivity contribution is 6.11. The van der Waals surface area contributed by atoms with E-state index < -0.39 is 0 Å². The molecule has 40 heavy (non-hydrogen) atoms. The van der Waals surface area contributed by atoms with Crippen molar-refractivity contribution in [2.45, 2.75) is 155 Å². The van der Waals surface area contributed by atoms with Crippen LogP contribution in [0.2, 0.25) is 0 Å². The number of nitrogens with two attached hydrogens (primary N) is 2. The van der Waals surface area contributed by atoms with E-state index >= 15 is 0 Å². The van der Waals surface area contributed by atoms with Crippen molar-refractivity contribution >= 4 is 17.2 Å². The number of carbonyl (C=O) groups excluding carboxylic acids is 1. The lowest BCUT2D eigenvalue weighted by atomic mass is 9.91. The van der Waals surface area contributed by atoms with E-state index in [0.29, 0.717) is 16.9 Å². The van der Waals surface area contributed by atoms with E-state index in [0.717, 1.165) is 30.4 Å². The van der Waals surface area contributed by atoms with Crippen LogP contribution in [0.4, 0.5) is 11.4 Å². The Morgan fingerprint density at radius 1 is 0.525 bits per heavy atom. The molecule has 0 saturated heterocycles. The second-order valence-electron chi connectivity index (χ2n) is 12.1. The smallest absolute Gasteiger partial charge is 0.193 e. The second-order valence-corrected chi connectivity index (χ2v) is 12.1. The first kappa shape index (κ1) is 33.9. The molecule has 0 unspecified atom stereocenters. The topological polar surface area (TPSA) is 69.1 Å². The molecule has 2 rings (SSSR count). The lowest BCUT2D eigenvalue weighted by Gasteiger charge is -2.13. The molecule has 0 spiro atoms. The van der Waals surface area contributed by atoms with E-state index in [1.54, 1.807) is 18.2 Å². The molecule has 0 aliphatic carbocycles. The minimum atomic E-state index is 0.0472. The van der Waals surface area contributed by atoms with Crippen LogP contribution in [0.3, 0.4) is 0 Å². The van der Waals surface area contributed by atoms with Crippen molar-refractivity contribution in [3.8, 4) is 0 Å². The maximum Gasteiger partial charge on any atom is 0.193 e. The summed E-state index contributed by atoms with van der Waals surface area (Å²) in [5.41, 5.74) is 17.0. The third-order valence-corrected chi connectivity index (χ3v) is 8.28. The van der Waals surface area contributed by atoms with Gasteiger partial charge in [0.1, 0.15) is 0 Å². The number of ketones is 1. The van der Waals surface area contributed by atoms with Crippen molar-refractivity contribution in [3.63, 3.8) is 0 Å². The summed E-state index contributed by atoms with van der Waals surface area (Å²) >= 11 is 0. The van der Waals surface area contributed by atoms with Crippen LogP contribution < -0.4 is 11.5 Å². The molecule has 0 fully saturated rings. The normalized spacial score (nSPS) is 11.2. The molecule has 0 bridgehead atoms. The number of carbonyl (C=O) groups is 1. The van der Waals surface area contributed by atoms with Crippen molar-refractivity contribution in [1.82, 2.24) is 0 Å². The highest BCUT2D eigenvalue weighted by atomic mass is 16.1. The Morgan fingerprint density at radius 2 is 0.950 bits per heavy atom. The summed E-state index contributed by atoms with van der Waals surface area (Å²) in [5.74, 6) is 0.0472. The SMILES string of the molecule is CCCCCCCCCCCCc1ccc(CCCCCCCCCCCC)c(C(=O)c2cc(N)cc(N)c2)c1. The van der Waals surface area contributed by atoms with Gasteiger partial charge in [0.05, 0.1) is 0 Å². The molecule has 0 heterocycles. The first-order valence-electron chi connectivity index (χ1n) is 16.9. The van der Waals surface area contributed by atoms with Gasteiger partial charge in [-0.05, 0) is 61.1 Å². The van der Waals surface area contributed by atoms with E-state index in [2.05, 4.69) is 32.0 Å². The lowest BCUT2D eigenvalue weighted by Crippen LogP contribution is -2.08. The first-order valence-corrected chi connectivity index (χ1v) is 16.9. The van der Waals surface area contributed by atoms with Gasteiger partial charge in [0.2, 0.25) is 0 Å². The van der Waals surface area contributed by atoms with Gasteiger partial charge in [0.15, 0.2) is 5.78 Å². The summed E-state index contributed by atoms with van der Waals surface area (Å²) in [6.45, 7) is 4.55. The van der Waals surface area contributed by atoms with Gasteiger partial charge in [-0.3, -0.25) is 4.79 Å². The molecule has 0 aliphatic heterocycles. The number of aryl methyl sites for hydroxylation is 2. The van der Waals surface area contributed by atoms with Crippen LogP contribution in [0, 0.1) is 0 Å². The summed E-state index contributed by atoms with van der Waals surface area (Å²) in [6.07, 6.45) is 28.6. The van der Waals surface area contributed by atoms with Crippen molar-refractivity contribution in [3.05, 3.63) is 58.7 Å². The molecule has 0 aromatic heterocycles. The van der Waals surface area contributed by atoms with E-state index in [4.69, 9.17) is 11.5 Å². The van der Waals surface area contributed by atoms with Gasteiger partial charge in [0.25, 0.3) is 0 Å². The van der Waals surface area contributed by atoms with Gasteiger partial charge in [-0.15, -0.1) is 0 Å². The third-order valence-electron chi connectivity index (χ3n) is 8.28. The van der Waals surface area contributed by atoms with Gasteiger partial charge in [0, 0.05) is 22.5 Å². The van der Waals surface area contributed by atoms with Crippen LogP contribution in [0.25, 0.3) is 0 Å². The van der Waals surface area contributed by atoms with Gasteiger partial charge in [-0.1, -0.05) is 142 Å². The molecular formula is C37H60N2O. The van der Waals surface area contributed by atoms with E-state index in [-0.39, 0.29) is 5.78 Å². The lowest BCUT2D eigenvalue weighted by molar-refractivity contribution is 0.103.